The number of hydrogen-bond donors (Lipinski definition) is 2. The molecule has 0 spiro atoms. The summed E-state index contributed by atoms with van der Waals surface area (Å²) in [5, 5.41) is 11.9. The van der Waals surface area contributed by atoms with Crippen molar-refractivity contribution in [2.75, 3.05) is 11.9 Å². The van der Waals surface area contributed by atoms with Gasteiger partial charge in [-0.1, -0.05) is 27.3 Å². The average molecular weight is 287 g/mol. The number of benzene rings is 1. The van der Waals surface area contributed by atoms with E-state index < -0.39 is 5.97 Å². The van der Waals surface area contributed by atoms with Crippen LogP contribution in [-0.2, 0) is 4.79 Å². The topological polar surface area (TPSA) is 62.2 Å². The Kier molecular flexibility index (Phi) is 2.88. The molecule has 1 aromatic heterocycles. The molecule has 0 aliphatic carbocycles. The van der Waals surface area contributed by atoms with Crippen molar-refractivity contribution in [2.45, 2.75) is 0 Å². The molecule has 0 aliphatic heterocycles. The third-order valence-electron chi connectivity index (χ3n) is 1.74. The number of fused-ring (bicyclic) bond motifs is 1. The lowest BCUT2D eigenvalue weighted by atomic mass is 10.3. The molecule has 0 unspecified atom stereocenters. The SMILES string of the molecule is O=C(O)CNc1nc2ccc(Br)cc2s1. The van der Waals surface area contributed by atoms with Crippen LogP contribution < -0.4 is 5.32 Å². The zero-order valence-electron chi connectivity index (χ0n) is 7.53. The molecule has 0 aliphatic rings. The normalized spacial score (nSPS) is 10.5. The van der Waals surface area contributed by atoms with Crippen LogP contribution in [0.25, 0.3) is 10.2 Å². The molecule has 0 saturated heterocycles. The third kappa shape index (κ3) is 2.45. The lowest BCUT2D eigenvalue weighted by Gasteiger charge is -1.94. The van der Waals surface area contributed by atoms with Crippen LogP contribution in [0.3, 0.4) is 0 Å². The van der Waals surface area contributed by atoms with Gasteiger partial charge in [0, 0.05) is 4.47 Å². The first-order valence-electron chi connectivity index (χ1n) is 4.17. The van der Waals surface area contributed by atoms with Crippen LogP contribution in [0.4, 0.5) is 5.13 Å². The highest BCUT2D eigenvalue weighted by Gasteiger charge is 2.04. The highest BCUT2D eigenvalue weighted by Crippen LogP contribution is 2.28. The van der Waals surface area contributed by atoms with Crippen molar-refractivity contribution >= 4 is 48.6 Å². The largest absolute Gasteiger partial charge is 0.480 e. The molecule has 2 N–H and O–H groups in total. The lowest BCUT2D eigenvalue weighted by molar-refractivity contribution is -0.134. The van der Waals surface area contributed by atoms with Crippen LogP contribution in [-0.4, -0.2) is 22.6 Å². The summed E-state index contributed by atoms with van der Waals surface area (Å²) in [5.41, 5.74) is 0.871. The predicted octanol–water partition coefficient (Wildman–Crippen LogP) is 2.56. The summed E-state index contributed by atoms with van der Waals surface area (Å²) in [6, 6.07) is 5.75. The Labute approximate surface area is 98.1 Å². The number of rotatable bonds is 3. The van der Waals surface area contributed by atoms with Gasteiger partial charge in [-0.05, 0) is 18.2 Å². The minimum atomic E-state index is -0.893. The Balaban J connectivity index is 2.27. The summed E-state index contributed by atoms with van der Waals surface area (Å²) >= 11 is 4.81. The van der Waals surface area contributed by atoms with Gasteiger partial charge in [0.15, 0.2) is 5.13 Å². The quantitative estimate of drug-likeness (QED) is 0.910. The van der Waals surface area contributed by atoms with Crippen LogP contribution in [0.5, 0.6) is 0 Å². The Morgan fingerprint density at radius 2 is 2.40 bits per heavy atom. The molecule has 0 atom stereocenters. The number of aliphatic carboxylic acids is 1. The summed E-state index contributed by atoms with van der Waals surface area (Å²) in [5.74, 6) is -0.893. The Morgan fingerprint density at radius 1 is 1.60 bits per heavy atom. The maximum Gasteiger partial charge on any atom is 0.322 e. The maximum absolute atomic E-state index is 10.3. The van der Waals surface area contributed by atoms with Gasteiger partial charge < -0.3 is 10.4 Å². The number of carboxylic acids is 1. The van der Waals surface area contributed by atoms with Crippen molar-refractivity contribution in [3.63, 3.8) is 0 Å². The number of carboxylic acid groups (broad SMARTS) is 1. The number of thiazole rings is 1. The van der Waals surface area contributed by atoms with E-state index in [1.165, 1.54) is 11.3 Å². The van der Waals surface area contributed by atoms with Crippen LogP contribution in [0, 0.1) is 0 Å². The van der Waals surface area contributed by atoms with E-state index in [4.69, 9.17) is 5.11 Å². The molecule has 15 heavy (non-hydrogen) atoms. The summed E-state index contributed by atoms with van der Waals surface area (Å²) in [4.78, 5) is 14.6. The second-order valence-electron chi connectivity index (χ2n) is 2.88. The highest BCUT2D eigenvalue weighted by atomic mass is 79.9. The second kappa shape index (κ2) is 4.16. The monoisotopic (exact) mass is 286 g/mol. The van der Waals surface area contributed by atoms with E-state index in [1.54, 1.807) is 0 Å². The minimum absolute atomic E-state index is 0.110. The first-order valence-corrected chi connectivity index (χ1v) is 5.78. The van der Waals surface area contributed by atoms with Gasteiger partial charge in [-0.2, -0.15) is 0 Å². The number of carbonyl (C=O) groups is 1. The van der Waals surface area contributed by atoms with Crippen molar-refractivity contribution in [2.24, 2.45) is 0 Å². The Morgan fingerprint density at radius 3 is 3.13 bits per heavy atom. The molecule has 0 radical (unpaired) electrons. The fourth-order valence-electron chi connectivity index (χ4n) is 1.13. The fraction of sp³-hybridized carbons (Fsp3) is 0.111. The number of nitrogens with one attached hydrogen (secondary N) is 1. The molecule has 2 rings (SSSR count). The van der Waals surface area contributed by atoms with Crippen molar-refractivity contribution in [1.29, 1.82) is 0 Å². The van der Waals surface area contributed by atoms with Gasteiger partial charge in [0.25, 0.3) is 0 Å². The van der Waals surface area contributed by atoms with E-state index in [9.17, 15) is 4.79 Å². The summed E-state index contributed by atoms with van der Waals surface area (Å²) < 4.78 is 2.01. The van der Waals surface area contributed by atoms with Gasteiger partial charge in [0.2, 0.25) is 0 Å². The smallest absolute Gasteiger partial charge is 0.322 e. The zero-order valence-corrected chi connectivity index (χ0v) is 9.93. The van der Waals surface area contributed by atoms with Gasteiger partial charge in [-0.15, -0.1) is 0 Å². The van der Waals surface area contributed by atoms with Crippen LogP contribution in [0.1, 0.15) is 0 Å². The van der Waals surface area contributed by atoms with E-state index in [-0.39, 0.29) is 6.54 Å². The molecular formula is C9H7BrN2O2S. The predicted molar refractivity (Wildman–Crippen MR) is 63.4 cm³/mol. The van der Waals surface area contributed by atoms with E-state index in [0.717, 1.165) is 14.7 Å². The third-order valence-corrected chi connectivity index (χ3v) is 3.21. The number of nitrogens with zero attached hydrogens (tertiary/aromatic N) is 1. The molecule has 6 heteroatoms. The first kappa shape index (κ1) is 10.4. The van der Waals surface area contributed by atoms with Crippen molar-refractivity contribution in [3.8, 4) is 0 Å². The van der Waals surface area contributed by atoms with E-state index in [0.29, 0.717) is 5.13 Å². The lowest BCUT2D eigenvalue weighted by Crippen LogP contribution is -2.11. The van der Waals surface area contributed by atoms with Crippen LogP contribution in [0.2, 0.25) is 0 Å². The molecular weight excluding hydrogens is 280 g/mol. The minimum Gasteiger partial charge on any atom is -0.480 e. The fourth-order valence-corrected chi connectivity index (χ4v) is 2.54. The van der Waals surface area contributed by atoms with E-state index in [2.05, 4.69) is 26.2 Å². The molecule has 0 amide bonds. The zero-order chi connectivity index (χ0) is 10.8. The van der Waals surface area contributed by atoms with Gasteiger partial charge in [-0.25, -0.2) is 4.98 Å². The average Bonchev–Trinajstić information content (AvgIpc) is 2.56. The molecule has 1 aromatic carbocycles. The molecule has 0 bridgehead atoms. The van der Waals surface area contributed by atoms with Gasteiger partial charge in [0.05, 0.1) is 10.2 Å². The standard InChI is InChI=1S/C9H7BrN2O2S/c10-5-1-2-6-7(3-5)15-9(12-6)11-4-8(13)14/h1-3H,4H2,(H,11,12)(H,13,14). The highest BCUT2D eigenvalue weighted by molar-refractivity contribution is 9.10. The van der Waals surface area contributed by atoms with Gasteiger partial charge >= 0.3 is 5.97 Å². The molecule has 78 valence electrons. The van der Waals surface area contributed by atoms with E-state index in [1.807, 2.05) is 18.2 Å². The molecule has 1 heterocycles. The van der Waals surface area contributed by atoms with Crippen molar-refractivity contribution in [1.82, 2.24) is 4.98 Å². The number of halogens is 1. The van der Waals surface area contributed by atoms with E-state index >= 15 is 0 Å². The number of anilines is 1. The van der Waals surface area contributed by atoms with Gasteiger partial charge in [-0.3, -0.25) is 4.79 Å². The van der Waals surface area contributed by atoms with Gasteiger partial charge in [0.1, 0.15) is 6.54 Å². The summed E-state index contributed by atoms with van der Waals surface area (Å²) in [6.45, 7) is -0.110. The van der Waals surface area contributed by atoms with Crippen molar-refractivity contribution in [3.05, 3.63) is 22.7 Å². The van der Waals surface area contributed by atoms with Crippen LogP contribution >= 0.6 is 27.3 Å². The maximum atomic E-state index is 10.3. The van der Waals surface area contributed by atoms with Crippen LogP contribution in [0.15, 0.2) is 22.7 Å². The first-order chi connectivity index (χ1) is 7.15. The summed E-state index contributed by atoms with van der Waals surface area (Å²) in [6.07, 6.45) is 0. The molecule has 2 aromatic rings. The Bertz CT molecular complexity index is 512. The number of aromatic nitrogens is 1. The molecule has 0 fully saturated rings. The Hall–Kier alpha value is -1.14. The van der Waals surface area contributed by atoms with Crippen molar-refractivity contribution < 1.29 is 9.90 Å². The number of hydrogen-bond acceptors (Lipinski definition) is 4. The summed E-state index contributed by atoms with van der Waals surface area (Å²) in [7, 11) is 0. The second-order valence-corrected chi connectivity index (χ2v) is 4.82. The molecule has 4 nitrogen and oxygen atoms in total. The molecule has 0 saturated carbocycles.